The van der Waals surface area contributed by atoms with Crippen LogP contribution in [0.1, 0.15) is 38.2 Å². The normalized spacial score (nSPS) is 17.0. The lowest BCUT2D eigenvalue weighted by Gasteiger charge is -2.31. The number of aryl methyl sites for hydroxylation is 1. The van der Waals surface area contributed by atoms with Crippen molar-refractivity contribution >= 4 is 25.6 Å². The van der Waals surface area contributed by atoms with E-state index in [1.165, 1.54) is 31.4 Å². The molecule has 0 saturated heterocycles. The second-order valence-corrected chi connectivity index (χ2v) is 8.19. The van der Waals surface area contributed by atoms with E-state index < -0.39 is 9.05 Å². The maximum absolute atomic E-state index is 11.9. The molecule has 1 aliphatic carbocycles. The van der Waals surface area contributed by atoms with Crippen molar-refractivity contribution in [2.75, 3.05) is 0 Å². The monoisotopic (exact) mass is 329 g/mol. The van der Waals surface area contributed by atoms with Crippen LogP contribution in [0.2, 0.25) is 0 Å². The number of amides is 1. The standard InChI is InChI=1S/C15H20ClNO3S/c1-11(13-3-2-4-13)17-15(18)10-7-12-5-8-14(9-6-12)21(16,19)20/h5-6,8-9,11,13H,2-4,7,10H2,1H3,(H,17,18). The molecule has 1 fully saturated rings. The van der Waals surface area contributed by atoms with Crippen LogP contribution in [0.5, 0.6) is 0 Å². The maximum Gasteiger partial charge on any atom is 0.261 e. The molecule has 0 bridgehead atoms. The van der Waals surface area contributed by atoms with Crippen molar-refractivity contribution in [1.82, 2.24) is 5.32 Å². The van der Waals surface area contributed by atoms with E-state index >= 15 is 0 Å². The molecule has 1 unspecified atom stereocenters. The van der Waals surface area contributed by atoms with Crippen molar-refractivity contribution in [3.05, 3.63) is 29.8 Å². The molecule has 0 aliphatic heterocycles. The van der Waals surface area contributed by atoms with Gasteiger partial charge >= 0.3 is 0 Å². The Balaban J connectivity index is 1.81. The van der Waals surface area contributed by atoms with Crippen LogP contribution in [0.3, 0.4) is 0 Å². The van der Waals surface area contributed by atoms with Crippen molar-refractivity contribution in [2.45, 2.75) is 50.0 Å². The number of rotatable bonds is 6. The van der Waals surface area contributed by atoms with Gasteiger partial charge in [-0.2, -0.15) is 0 Å². The number of nitrogens with one attached hydrogen (secondary N) is 1. The third kappa shape index (κ3) is 4.71. The predicted octanol–water partition coefficient (Wildman–Crippen LogP) is 2.85. The molecule has 1 N–H and O–H groups in total. The van der Waals surface area contributed by atoms with Gasteiger partial charge in [-0.15, -0.1) is 0 Å². The van der Waals surface area contributed by atoms with Crippen LogP contribution in [-0.4, -0.2) is 20.4 Å². The average Bonchev–Trinajstić information content (AvgIpc) is 2.33. The lowest BCUT2D eigenvalue weighted by molar-refractivity contribution is -0.122. The zero-order chi connectivity index (χ0) is 15.5. The van der Waals surface area contributed by atoms with Gasteiger partial charge in [-0.3, -0.25) is 4.79 Å². The van der Waals surface area contributed by atoms with Gasteiger partial charge in [-0.1, -0.05) is 18.6 Å². The SMILES string of the molecule is CC(NC(=O)CCc1ccc(S(=O)(=O)Cl)cc1)C1CCC1. The summed E-state index contributed by atoms with van der Waals surface area (Å²) < 4.78 is 22.3. The maximum atomic E-state index is 11.9. The van der Waals surface area contributed by atoms with E-state index in [1.54, 1.807) is 12.1 Å². The molecule has 1 atom stereocenters. The lowest BCUT2D eigenvalue weighted by atomic mass is 9.80. The Hall–Kier alpha value is -1.07. The second-order valence-electron chi connectivity index (χ2n) is 5.63. The number of carbonyl (C=O) groups excluding carboxylic acids is 1. The summed E-state index contributed by atoms with van der Waals surface area (Å²) in [5, 5.41) is 3.03. The first-order valence-corrected chi connectivity index (χ1v) is 9.50. The fourth-order valence-electron chi connectivity index (χ4n) is 2.46. The van der Waals surface area contributed by atoms with Crippen molar-refractivity contribution in [3.63, 3.8) is 0 Å². The zero-order valence-corrected chi connectivity index (χ0v) is 13.6. The van der Waals surface area contributed by atoms with Crippen molar-refractivity contribution in [2.24, 2.45) is 5.92 Å². The van der Waals surface area contributed by atoms with Crippen LogP contribution >= 0.6 is 10.7 Å². The third-order valence-corrected chi connectivity index (χ3v) is 5.46. The Kier molecular flexibility index (Phi) is 5.27. The molecular weight excluding hydrogens is 310 g/mol. The summed E-state index contributed by atoms with van der Waals surface area (Å²) in [4.78, 5) is 11.9. The minimum absolute atomic E-state index is 0.0449. The van der Waals surface area contributed by atoms with Gasteiger partial charge in [-0.05, 0) is 49.8 Å². The molecule has 116 valence electrons. The topological polar surface area (TPSA) is 63.2 Å². The highest BCUT2D eigenvalue weighted by molar-refractivity contribution is 8.13. The Bertz CT molecular complexity index is 594. The summed E-state index contributed by atoms with van der Waals surface area (Å²) >= 11 is 0. The van der Waals surface area contributed by atoms with Gasteiger partial charge in [0.05, 0.1) is 4.90 Å². The number of benzene rings is 1. The first-order valence-electron chi connectivity index (χ1n) is 7.19. The Labute approximate surface area is 130 Å². The smallest absolute Gasteiger partial charge is 0.261 e. The van der Waals surface area contributed by atoms with E-state index in [-0.39, 0.29) is 16.8 Å². The molecule has 2 rings (SSSR count). The highest BCUT2D eigenvalue weighted by atomic mass is 35.7. The predicted molar refractivity (Wildman–Crippen MR) is 82.7 cm³/mol. The highest BCUT2D eigenvalue weighted by Crippen LogP contribution is 2.29. The van der Waals surface area contributed by atoms with Crippen LogP contribution < -0.4 is 5.32 Å². The molecule has 0 aromatic heterocycles. The van der Waals surface area contributed by atoms with E-state index in [4.69, 9.17) is 10.7 Å². The third-order valence-electron chi connectivity index (χ3n) is 4.09. The highest BCUT2D eigenvalue weighted by Gasteiger charge is 2.24. The molecular formula is C15H20ClNO3S. The first kappa shape index (κ1) is 16.3. The van der Waals surface area contributed by atoms with Gasteiger partial charge in [0.15, 0.2) is 0 Å². The van der Waals surface area contributed by atoms with Gasteiger partial charge < -0.3 is 5.32 Å². The number of halogens is 1. The Morgan fingerprint density at radius 2 is 1.95 bits per heavy atom. The van der Waals surface area contributed by atoms with Crippen LogP contribution in [0, 0.1) is 5.92 Å². The van der Waals surface area contributed by atoms with Crippen molar-refractivity contribution in [3.8, 4) is 0 Å². The van der Waals surface area contributed by atoms with Crippen LogP contribution in [-0.2, 0) is 20.3 Å². The molecule has 0 heterocycles. The van der Waals surface area contributed by atoms with Crippen LogP contribution in [0.15, 0.2) is 29.2 Å². The summed E-state index contributed by atoms with van der Waals surface area (Å²) in [5.41, 5.74) is 0.922. The van der Waals surface area contributed by atoms with Gasteiger partial charge in [0.1, 0.15) is 0 Å². The van der Waals surface area contributed by atoms with Crippen LogP contribution in [0.4, 0.5) is 0 Å². The zero-order valence-electron chi connectivity index (χ0n) is 12.0. The van der Waals surface area contributed by atoms with Crippen molar-refractivity contribution < 1.29 is 13.2 Å². The molecule has 1 aromatic rings. The molecule has 0 radical (unpaired) electrons. The molecule has 1 saturated carbocycles. The van der Waals surface area contributed by atoms with Gasteiger partial charge in [-0.25, -0.2) is 8.42 Å². The molecule has 0 spiro atoms. The largest absolute Gasteiger partial charge is 0.353 e. The molecule has 1 amide bonds. The lowest BCUT2D eigenvalue weighted by Crippen LogP contribution is -2.40. The molecule has 1 aromatic carbocycles. The Morgan fingerprint density at radius 1 is 1.33 bits per heavy atom. The van der Waals surface area contributed by atoms with Gasteiger partial charge in [0, 0.05) is 23.1 Å². The van der Waals surface area contributed by atoms with Gasteiger partial charge in [0.2, 0.25) is 5.91 Å². The molecule has 6 heteroatoms. The summed E-state index contributed by atoms with van der Waals surface area (Å²) in [7, 11) is 1.57. The minimum Gasteiger partial charge on any atom is -0.353 e. The molecule has 21 heavy (non-hydrogen) atoms. The van der Waals surface area contributed by atoms with E-state index in [9.17, 15) is 13.2 Å². The fourth-order valence-corrected chi connectivity index (χ4v) is 3.23. The van der Waals surface area contributed by atoms with Gasteiger partial charge in [0.25, 0.3) is 9.05 Å². The molecule has 1 aliphatic rings. The van der Waals surface area contributed by atoms with E-state index in [0.29, 0.717) is 18.8 Å². The summed E-state index contributed by atoms with van der Waals surface area (Å²) in [6.07, 6.45) is 4.67. The van der Waals surface area contributed by atoms with E-state index in [1.807, 2.05) is 0 Å². The average molecular weight is 330 g/mol. The summed E-state index contributed by atoms with van der Waals surface area (Å²) in [6.45, 7) is 2.06. The summed E-state index contributed by atoms with van der Waals surface area (Å²) in [6, 6.07) is 6.56. The second kappa shape index (κ2) is 6.79. The van der Waals surface area contributed by atoms with E-state index in [0.717, 1.165) is 5.56 Å². The molecule has 4 nitrogen and oxygen atoms in total. The van der Waals surface area contributed by atoms with E-state index in [2.05, 4.69) is 12.2 Å². The first-order chi connectivity index (χ1) is 9.86. The number of carbonyl (C=O) groups is 1. The fraction of sp³-hybridized carbons (Fsp3) is 0.533. The number of hydrogen-bond acceptors (Lipinski definition) is 3. The number of hydrogen-bond donors (Lipinski definition) is 1. The van der Waals surface area contributed by atoms with Crippen LogP contribution in [0.25, 0.3) is 0 Å². The summed E-state index contributed by atoms with van der Waals surface area (Å²) in [5.74, 6) is 0.672. The quantitative estimate of drug-likeness (QED) is 0.816. The minimum atomic E-state index is -3.68. The Morgan fingerprint density at radius 3 is 2.43 bits per heavy atom. The van der Waals surface area contributed by atoms with Crippen molar-refractivity contribution in [1.29, 1.82) is 0 Å².